The Hall–Kier alpha value is -2.52. The molecule has 2 aromatic rings. The second-order valence-electron chi connectivity index (χ2n) is 5.78. The van der Waals surface area contributed by atoms with E-state index in [-0.39, 0.29) is 45.4 Å². The van der Waals surface area contributed by atoms with Gasteiger partial charge in [0.2, 0.25) is 11.6 Å². The molecule has 7 nitrogen and oxygen atoms in total. The van der Waals surface area contributed by atoms with Crippen molar-refractivity contribution in [1.29, 1.82) is 0 Å². The molecule has 168 valence electrons. The number of carbonyl (C=O) groups excluding carboxylic acids is 2. The van der Waals surface area contributed by atoms with E-state index in [4.69, 9.17) is 9.47 Å². The van der Waals surface area contributed by atoms with Gasteiger partial charge in [-0.15, -0.1) is 0 Å². The van der Waals surface area contributed by atoms with Crippen LogP contribution in [0.1, 0.15) is 25.1 Å². The number of aliphatic hydroxyl groups excluding tert-OH is 2. The number of rotatable bonds is 6. The Labute approximate surface area is 200 Å². The summed E-state index contributed by atoms with van der Waals surface area (Å²) in [7, 11) is 0. The fraction of sp³-hybridized carbons (Fsp3) is 0.227. The third-order valence-electron chi connectivity index (χ3n) is 3.64. The van der Waals surface area contributed by atoms with Gasteiger partial charge in [-0.2, -0.15) is 35.9 Å². The van der Waals surface area contributed by atoms with Gasteiger partial charge in [0.05, 0.1) is 13.2 Å². The van der Waals surface area contributed by atoms with Crippen LogP contribution < -0.4 is 0 Å². The SMILES string of the molecule is CCO/C(O)=C1\S/C(=C(/O)OCC)C(=O)C1=O.[Au+].[c-]1ccccc1Cc1ccccn1. The first-order chi connectivity index (χ1) is 14.5. The first kappa shape index (κ1) is 26.5. The molecular weight excluding hydrogens is 603 g/mol. The summed E-state index contributed by atoms with van der Waals surface area (Å²) in [6.45, 7) is 3.57. The van der Waals surface area contributed by atoms with Crippen LogP contribution in [0.3, 0.4) is 0 Å². The third kappa shape index (κ3) is 7.91. The largest absolute Gasteiger partial charge is 1.00 e. The van der Waals surface area contributed by atoms with Gasteiger partial charge in [-0.25, -0.2) is 0 Å². The maximum absolute atomic E-state index is 11.5. The number of Topliss-reactive ketones (excluding diaryl/α,β-unsaturated/α-hetero) is 2. The van der Waals surface area contributed by atoms with Crippen molar-refractivity contribution in [1.82, 2.24) is 4.98 Å². The number of hydrogen-bond acceptors (Lipinski definition) is 8. The molecule has 0 atom stereocenters. The molecule has 0 aliphatic carbocycles. The van der Waals surface area contributed by atoms with Gasteiger partial charge >= 0.3 is 22.4 Å². The van der Waals surface area contributed by atoms with E-state index in [9.17, 15) is 19.8 Å². The molecule has 0 unspecified atom stereocenters. The molecule has 2 N–H and O–H groups in total. The number of pyridine rings is 1. The summed E-state index contributed by atoms with van der Waals surface area (Å²) in [4.78, 5) is 26.7. The second-order valence-corrected chi connectivity index (χ2v) is 6.80. The molecule has 2 heterocycles. The van der Waals surface area contributed by atoms with Crippen LogP contribution in [0, 0.1) is 6.07 Å². The number of thioether (sulfide) groups is 1. The maximum atomic E-state index is 11.5. The Morgan fingerprint density at radius 3 is 2.00 bits per heavy atom. The zero-order chi connectivity index (χ0) is 21.9. The minimum atomic E-state index is -0.915. The van der Waals surface area contributed by atoms with E-state index in [1.165, 1.54) is 5.56 Å². The van der Waals surface area contributed by atoms with E-state index in [1.807, 2.05) is 42.6 Å². The molecule has 1 saturated heterocycles. The van der Waals surface area contributed by atoms with Crippen LogP contribution in [-0.4, -0.2) is 40.0 Å². The molecule has 0 radical (unpaired) electrons. The number of allylic oxidation sites excluding steroid dienone is 2. The van der Waals surface area contributed by atoms with Crippen LogP contribution in [0.25, 0.3) is 0 Å². The van der Waals surface area contributed by atoms with Crippen molar-refractivity contribution in [2.45, 2.75) is 20.3 Å². The Balaban J connectivity index is 0.000000309. The molecule has 1 fully saturated rings. The fourth-order valence-electron chi connectivity index (χ4n) is 2.33. The monoisotopic (exact) mass is 625 g/mol. The van der Waals surface area contributed by atoms with E-state index in [2.05, 4.69) is 17.1 Å². The van der Waals surface area contributed by atoms with Crippen LogP contribution in [0.2, 0.25) is 0 Å². The summed E-state index contributed by atoms with van der Waals surface area (Å²) in [6.07, 6.45) is 2.68. The van der Waals surface area contributed by atoms with Crippen molar-refractivity contribution in [2.75, 3.05) is 13.2 Å². The van der Waals surface area contributed by atoms with Crippen LogP contribution >= 0.6 is 11.8 Å². The Kier molecular flexibility index (Phi) is 11.7. The summed E-state index contributed by atoms with van der Waals surface area (Å²) in [5.41, 5.74) is 2.27. The molecule has 0 bridgehead atoms. The van der Waals surface area contributed by atoms with Gasteiger partial charge in [-0.05, 0) is 32.4 Å². The van der Waals surface area contributed by atoms with Crippen molar-refractivity contribution < 1.29 is 51.7 Å². The molecule has 0 amide bonds. The average Bonchev–Trinajstić information content (AvgIpc) is 3.05. The standard InChI is InChI=1S/C12H10N.C10H12O6S.Au/c1-2-6-11(7-3-1)10-12-8-4-5-9-13-12;1-3-15-9(13)7-5(11)6(12)8(17-7)10(14)16-4-2;/h1-6,8-9H,10H2;13-14H,3-4H2,1-2H3;/q-1;;+1/b;9-7-,10-8-;. The van der Waals surface area contributed by atoms with Crippen molar-refractivity contribution >= 4 is 23.3 Å². The smallest absolute Gasteiger partial charge is 0.480 e. The predicted molar refractivity (Wildman–Crippen MR) is 112 cm³/mol. The summed E-state index contributed by atoms with van der Waals surface area (Å²) >= 11 is 0.633. The molecular formula is C22H22AuNO6S. The number of ketones is 2. The summed E-state index contributed by atoms with van der Waals surface area (Å²) in [5, 5.41) is 18.8. The van der Waals surface area contributed by atoms with Gasteiger partial charge in [0.1, 0.15) is 9.81 Å². The molecule has 0 saturated carbocycles. The topological polar surface area (TPSA) is 106 Å². The molecule has 31 heavy (non-hydrogen) atoms. The van der Waals surface area contributed by atoms with Crippen molar-refractivity contribution in [3.8, 4) is 0 Å². The van der Waals surface area contributed by atoms with Crippen molar-refractivity contribution in [3.05, 3.63) is 87.7 Å². The van der Waals surface area contributed by atoms with E-state index < -0.39 is 23.5 Å². The van der Waals surface area contributed by atoms with Crippen molar-refractivity contribution in [2.24, 2.45) is 0 Å². The predicted octanol–water partition coefficient (Wildman–Crippen LogP) is 3.87. The van der Waals surface area contributed by atoms with Crippen LogP contribution in [-0.2, 0) is 47.9 Å². The fourth-order valence-corrected chi connectivity index (χ4v) is 3.19. The van der Waals surface area contributed by atoms with Gasteiger partial charge in [-0.3, -0.25) is 14.6 Å². The Bertz CT molecular complexity index is 856. The quantitative estimate of drug-likeness (QED) is 0.164. The van der Waals surface area contributed by atoms with E-state index in [1.54, 1.807) is 13.8 Å². The molecule has 1 aliphatic rings. The summed E-state index contributed by atoms with van der Waals surface area (Å²) in [6, 6.07) is 17.1. The second kappa shape index (κ2) is 13.7. The minimum Gasteiger partial charge on any atom is -0.480 e. The normalized spacial score (nSPS) is 15.9. The van der Waals surface area contributed by atoms with Crippen molar-refractivity contribution in [3.63, 3.8) is 0 Å². The van der Waals surface area contributed by atoms with E-state index in [0.29, 0.717) is 11.8 Å². The van der Waals surface area contributed by atoms with Gasteiger partial charge in [0, 0.05) is 11.9 Å². The number of nitrogens with zero attached hydrogens (tertiary/aromatic N) is 1. The first-order valence-electron chi connectivity index (χ1n) is 9.22. The van der Waals surface area contributed by atoms with Gasteiger partial charge in [-0.1, -0.05) is 17.8 Å². The molecule has 1 aromatic carbocycles. The zero-order valence-corrected chi connectivity index (χ0v) is 19.9. The summed E-state index contributed by atoms with van der Waals surface area (Å²) < 4.78 is 9.46. The average molecular weight is 625 g/mol. The third-order valence-corrected chi connectivity index (χ3v) is 4.77. The number of benzene rings is 1. The minimum absolute atomic E-state index is 0. The molecule has 1 aromatic heterocycles. The van der Waals surface area contributed by atoms with E-state index >= 15 is 0 Å². The van der Waals surface area contributed by atoms with Gasteiger partial charge in [0.25, 0.3) is 11.9 Å². The number of ether oxygens (including phenoxy) is 2. The molecule has 9 heteroatoms. The first-order valence-corrected chi connectivity index (χ1v) is 10.0. The number of aromatic nitrogens is 1. The number of hydrogen-bond donors (Lipinski definition) is 2. The maximum Gasteiger partial charge on any atom is 1.00 e. The zero-order valence-electron chi connectivity index (χ0n) is 16.9. The number of aliphatic hydroxyl groups is 2. The van der Waals surface area contributed by atoms with E-state index in [0.717, 1.165) is 12.1 Å². The Morgan fingerprint density at radius 1 is 0.968 bits per heavy atom. The summed E-state index contributed by atoms with van der Waals surface area (Å²) in [5.74, 6) is -3.06. The Morgan fingerprint density at radius 2 is 1.55 bits per heavy atom. The van der Waals surface area contributed by atoms with Gasteiger partial charge in [0.15, 0.2) is 0 Å². The van der Waals surface area contributed by atoms with Crippen LogP contribution in [0.15, 0.2) is 70.4 Å². The van der Waals surface area contributed by atoms with Gasteiger partial charge < -0.3 is 19.7 Å². The molecule has 1 aliphatic heterocycles. The van der Waals surface area contributed by atoms with Crippen LogP contribution in [0.5, 0.6) is 0 Å². The molecule has 0 spiro atoms. The van der Waals surface area contributed by atoms with Crippen LogP contribution in [0.4, 0.5) is 0 Å². The number of carbonyl (C=O) groups is 2. The molecule has 3 rings (SSSR count).